The van der Waals surface area contributed by atoms with Crippen molar-refractivity contribution >= 4 is 21.9 Å². The monoisotopic (exact) mass is 278 g/mol. The molecule has 2 unspecified atom stereocenters. The summed E-state index contributed by atoms with van der Waals surface area (Å²) >= 11 is 0. The summed E-state index contributed by atoms with van der Waals surface area (Å²) in [5, 5.41) is 1.51. The van der Waals surface area contributed by atoms with Crippen LogP contribution in [0.4, 0.5) is 0 Å². The van der Waals surface area contributed by atoms with Crippen LogP contribution < -0.4 is 10.0 Å². The highest BCUT2D eigenvalue weighted by molar-refractivity contribution is 7.90. The van der Waals surface area contributed by atoms with Crippen LogP contribution in [0, 0.1) is 5.92 Å². The van der Waals surface area contributed by atoms with Crippen molar-refractivity contribution in [3.05, 3.63) is 0 Å². The van der Waals surface area contributed by atoms with Crippen molar-refractivity contribution in [2.75, 3.05) is 20.7 Å². The standard InChI is InChI=1S/C10H18N2O5S/c1-11-9(13)6-12-18(15,16)8-5-3-4-7(8)10(14)17-2/h7-8,12H,3-6H2,1-2H3,(H,11,13). The van der Waals surface area contributed by atoms with Crippen LogP contribution in [0.2, 0.25) is 0 Å². The van der Waals surface area contributed by atoms with Crippen molar-refractivity contribution in [3.63, 3.8) is 0 Å². The summed E-state index contributed by atoms with van der Waals surface area (Å²) in [6, 6.07) is 0. The molecule has 0 radical (unpaired) electrons. The Labute approximate surface area is 106 Å². The van der Waals surface area contributed by atoms with Crippen LogP contribution in [0.25, 0.3) is 0 Å². The van der Waals surface area contributed by atoms with E-state index in [1.54, 1.807) is 0 Å². The van der Waals surface area contributed by atoms with E-state index < -0.39 is 33.1 Å². The molecule has 1 rings (SSSR count). The highest BCUT2D eigenvalue weighted by atomic mass is 32.2. The first-order valence-electron chi connectivity index (χ1n) is 5.69. The molecule has 0 aromatic carbocycles. The van der Waals surface area contributed by atoms with Gasteiger partial charge in [0.25, 0.3) is 0 Å². The third kappa shape index (κ3) is 3.42. The summed E-state index contributed by atoms with van der Waals surface area (Å²) < 4.78 is 30.8. The van der Waals surface area contributed by atoms with Crippen molar-refractivity contribution in [1.82, 2.24) is 10.0 Å². The van der Waals surface area contributed by atoms with Gasteiger partial charge in [-0.1, -0.05) is 6.42 Å². The first-order chi connectivity index (χ1) is 8.42. The fourth-order valence-corrected chi connectivity index (χ4v) is 3.78. The quantitative estimate of drug-likeness (QED) is 0.628. The third-order valence-corrected chi connectivity index (χ3v) is 4.98. The van der Waals surface area contributed by atoms with E-state index in [1.165, 1.54) is 14.2 Å². The molecule has 0 spiro atoms. The van der Waals surface area contributed by atoms with Crippen LogP contribution >= 0.6 is 0 Å². The van der Waals surface area contributed by atoms with Gasteiger partial charge in [0.15, 0.2) is 0 Å². The van der Waals surface area contributed by atoms with E-state index in [9.17, 15) is 18.0 Å². The van der Waals surface area contributed by atoms with Gasteiger partial charge in [-0.25, -0.2) is 13.1 Å². The second-order valence-corrected chi connectivity index (χ2v) is 6.12. The van der Waals surface area contributed by atoms with Crippen LogP contribution in [0.3, 0.4) is 0 Å². The van der Waals surface area contributed by atoms with Gasteiger partial charge in [-0.2, -0.15) is 0 Å². The largest absolute Gasteiger partial charge is 0.469 e. The molecular weight excluding hydrogens is 260 g/mol. The predicted molar refractivity (Wildman–Crippen MR) is 64.1 cm³/mol. The molecule has 18 heavy (non-hydrogen) atoms. The average Bonchev–Trinajstić information content (AvgIpc) is 2.85. The maximum atomic E-state index is 12.0. The summed E-state index contributed by atoms with van der Waals surface area (Å²) in [7, 11) is -1.02. The van der Waals surface area contributed by atoms with Crippen molar-refractivity contribution in [3.8, 4) is 0 Å². The number of esters is 1. The Balaban J connectivity index is 2.71. The summed E-state index contributed by atoms with van der Waals surface area (Å²) in [4.78, 5) is 22.5. The molecule has 1 amide bonds. The zero-order valence-electron chi connectivity index (χ0n) is 10.4. The summed E-state index contributed by atoms with van der Waals surface area (Å²) in [6.07, 6.45) is 1.56. The van der Waals surface area contributed by atoms with Gasteiger partial charge in [0, 0.05) is 7.05 Å². The summed E-state index contributed by atoms with van der Waals surface area (Å²) in [5.41, 5.74) is 0. The van der Waals surface area contributed by atoms with Gasteiger partial charge in [0.2, 0.25) is 15.9 Å². The van der Waals surface area contributed by atoms with Crippen LogP contribution in [-0.2, 0) is 24.3 Å². The van der Waals surface area contributed by atoms with Crippen LogP contribution in [0.15, 0.2) is 0 Å². The Morgan fingerprint density at radius 1 is 1.33 bits per heavy atom. The minimum atomic E-state index is -3.68. The topological polar surface area (TPSA) is 102 Å². The van der Waals surface area contributed by atoms with Gasteiger partial charge in [-0.05, 0) is 12.8 Å². The number of likely N-dealkylation sites (N-methyl/N-ethyl adjacent to an activating group) is 1. The fraction of sp³-hybridized carbons (Fsp3) is 0.800. The first kappa shape index (κ1) is 14.9. The molecule has 0 aromatic rings. The zero-order valence-corrected chi connectivity index (χ0v) is 11.2. The smallest absolute Gasteiger partial charge is 0.310 e. The number of hydrogen-bond donors (Lipinski definition) is 2. The molecule has 1 fully saturated rings. The molecule has 8 heteroatoms. The van der Waals surface area contributed by atoms with E-state index in [2.05, 4.69) is 14.8 Å². The van der Waals surface area contributed by atoms with E-state index in [-0.39, 0.29) is 6.54 Å². The Bertz CT molecular complexity index is 420. The van der Waals surface area contributed by atoms with Gasteiger partial charge in [-0.3, -0.25) is 9.59 Å². The summed E-state index contributed by atoms with van der Waals surface area (Å²) in [5.74, 6) is -1.58. The molecule has 7 nitrogen and oxygen atoms in total. The van der Waals surface area contributed by atoms with Crippen molar-refractivity contribution < 1.29 is 22.7 Å². The number of rotatable bonds is 5. The van der Waals surface area contributed by atoms with Crippen molar-refractivity contribution in [1.29, 1.82) is 0 Å². The van der Waals surface area contributed by atoms with Gasteiger partial charge in [0.05, 0.1) is 24.8 Å². The van der Waals surface area contributed by atoms with Crippen LogP contribution in [-0.4, -0.2) is 46.2 Å². The van der Waals surface area contributed by atoms with E-state index in [0.29, 0.717) is 19.3 Å². The minimum Gasteiger partial charge on any atom is -0.469 e. The van der Waals surface area contributed by atoms with E-state index in [1.807, 2.05) is 0 Å². The van der Waals surface area contributed by atoms with Crippen LogP contribution in [0.5, 0.6) is 0 Å². The number of methoxy groups -OCH3 is 1. The number of nitrogens with one attached hydrogen (secondary N) is 2. The maximum absolute atomic E-state index is 12.0. The molecule has 1 saturated carbocycles. The lowest BCUT2D eigenvalue weighted by Crippen LogP contribution is -2.43. The van der Waals surface area contributed by atoms with Gasteiger partial charge in [-0.15, -0.1) is 0 Å². The molecule has 2 N–H and O–H groups in total. The van der Waals surface area contributed by atoms with E-state index in [0.717, 1.165) is 0 Å². The van der Waals surface area contributed by atoms with E-state index in [4.69, 9.17) is 0 Å². The molecule has 1 aliphatic carbocycles. The number of hydrogen-bond acceptors (Lipinski definition) is 5. The molecule has 0 bridgehead atoms. The Morgan fingerprint density at radius 3 is 2.56 bits per heavy atom. The molecule has 104 valence electrons. The number of carbonyl (C=O) groups is 2. The van der Waals surface area contributed by atoms with Crippen molar-refractivity contribution in [2.24, 2.45) is 5.92 Å². The highest BCUT2D eigenvalue weighted by Crippen LogP contribution is 2.31. The molecule has 0 aliphatic heterocycles. The Kier molecular flexibility index (Phi) is 5.09. The normalized spacial score (nSPS) is 23.7. The lowest BCUT2D eigenvalue weighted by molar-refractivity contribution is -0.145. The highest BCUT2D eigenvalue weighted by Gasteiger charge is 2.42. The van der Waals surface area contributed by atoms with E-state index >= 15 is 0 Å². The lowest BCUT2D eigenvalue weighted by atomic mass is 10.1. The average molecular weight is 278 g/mol. The van der Waals surface area contributed by atoms with Crippen LogP contribution in [0.1, 0.15) is 19.3 Å². The zero-order chi connectivity index (χ0) is 13.8. The molecule has 1 aliphatic rings. The lowest BCUT2D eigenvalue weighted by Gasteiger charge is -2.18. The van der Waals surface area contributed by atoms with Crippen molar-refractivity contribution in [2.45, 2.75) is 24.5 Å². The first-order valence-corrected chi connectivity index (χ1v) is 7.24. The second kappa shape index (κ2) is 6.14. The Hall–Kier alpha value is -1.15. The maximum Gasteiger partial charge on any atom is 0.310 e. The SMILES string of the molecule is CNC(=O)CNS(=O)(=O)C1CCCC1C(=O)OC. The van der Waals surface area contributed by atoms with Gasteiger partial charge in [0.1, 0.15) is 0 Å². The minimum absolute atomic E-state index is 0.316. The fourth-order valence-electron chi connectivity index (χ4n) is 2.08. The summed E-state index contributed by atoms with van der Waals surface area (Å²) in [6.45, 7) is -0.316. The number of ether oxygens (including phenoxy) is 1. The number of amides is 1. The molecule has 2 atom stereocenters. The Morgan fingerprint density at radius 2 is 2.00 bits per heavy atom. The van der Waals surface area contributed by atoms with Gasteiger partial charge >= 0.3 is 5.97 Å². The molecular formula is C10H18N2O5S. The molecule has 0 saturated heterocycles. The second-order valence-electron chi connectivity index (χ2n) is 4.14. The predicted octanol–water partition coefficient (Wildman–Crippen LogP) is -1.01. The molecule has 0 aromatic heterocycles. The van der Waals surface area contributed by atoms with Gasteiger partial charge < -0.3 is 10.1 Å². The number of carbonyl (C=O) groups excluding carboxylic acids is 2. The molecule has 0 heterocycles. The third-order valence-electron chi connectivity index (χ3n) is 3.07. The number of sulfonamides is 1.